The van der Waals surface area contributed by atoms with Crippen LogP contribution in [0.5, 0.6) is 0 Å². The Kier molecular flexibility index (Phi) is 3.93. The number of nitrogens with zero attached hydrogens (tertiary/aromatic N) is 2. The van der Waals surface area contributed by atoms with E-state index >= 15 is 0 Å². The van der Waals surface area contributed by atoms with E-state index < -0.39 is 0 Å². The van der Waals surface area contributed by atoms with E-state index in [0.29, 0.717) is 6.04 Å². The fraction of sp³-hybridized carbons (Fsp3) is 0.389. The summed E-state index contributed by atoms with van der Waals surface area (Å²) in [6, 6.07) is 9.41. The minimum Gasteiger partial charge on any atom is -0.344 e. The minimum atomic E-state index is 0.712. The average Bonchev–Trinajstić information content (AvgIpc) is 3.29. The van der Waals surface area contributed by atoms with Crippen LogP contribution in [0.1, 0.15) is 29.5 Å². The van der Waals surface area contributed by atoms with Crippen LogP contribution in [0.2, 0.25) is 0 Å². The maximum Gasteiger partial charge on any atom is 0.0484 e. The van der Waals surface area contributed by atoms with Crippen LogP contribution in [0.15, 0.2) is 36.7 Å². The number of hydrogen-bond donors (Lipinski definition) is 1. The lowest BCUT2D eigenvalue weighted by Crippen LogP contribution is -2.19. The molecule has 0 radical (unpaired) electrons. The number of aromatic nitrogens is 1. The van der Waals surface area contributed by atoms with Gasteiger partial charge in [0.05, 0.1) is 0 Å². The molecule has 1 aliphatic rings. The van der Waals surface area contributed by atoms with Crippen LogP contribution in [0.3, 0.4) is 0 Å². The Morgan fingerprint density at radius 3 is 2.71 bits per heavy atom. The molecule has 0 aliphatic heterocycles. The molecule has 1 heterocycles. The second-order valence-electron chi connectivity index (χ2n) is 6.01. The molecule has 3 rings (SSSR count). The highest BCUT2D eigenvalue weighted by molar-refractivity contribution is 5.68. The molecule has 0 amide bonds. The molecule has 0 atom stereocenters. The van der Waals surface area contributed by atoms with Crippen molar-refractivity contribution in [2.24, 2.45) is 0 Å². The van der Waals surface area contributed by atoms with Crippen LogP contribution in [0.25, 0.3) is 0 Å². The fourth-order valence-electron chi connectivity index (χ4n) is 2.74. The first-order valence-corrected chi connectivity index (χ1v) is 7.62. The molecule has 2 aromatic rings. The van der Waals surface area contributed by atoms with E-state index in [4.69, 9.17) is 0 Å². The first-order valence-electron chi connectivity index (χ1n) is 7.62. The number of benzene rings is 1. The third kappa shape index (κ3) is 3.24. The number of pyridine rings is 1. The SMILES string of the molecule is Cc1ccc(N(C)c2ccncc2CNC2CC2)c(C)c1. The molecule has 3 nitrogen and oxygen atoms in total. The number of anilines is 2. The van der Waals surface area contributed by atoms with Crippen LogP contribution < -0.4 is 10.2 Å². The fourth-order valence-corrected chi connectivity index (χ4v) is 2.74. The van der Waals surface area contributed by atoms with Gasteiger partial charge in [0.2, 0.25) is 0 Å². The number of nitrogens with one attached hydrogen (secondary N) is 1. The van der Waals surface area contributed by atoms with Gasteiger partial charge in [-0.25, -0.2) is 0 Å². The Labute approximate surface area is 127 Å². The molecule has 110 valence electrons. The normalized spacial score (nSPS) is 14.2. The van der Waals surface area contributed by atoms with Gasteiger partial charge in [0.25, 0.3) is 0 Å². The molecule has 0 bridgehead atoms. The zero-order valence-corrected chi connectivity index (χ0v) is 13.1. The van der Waals surface area contributed by atoms with Gasteiger partial charge in [0, 0.05) is 49.0 Å². The number of rotatable bonds is 5. The molecule has 0 saturated heterocycles. The van der Waals surface area contributed by atoms with Crippen molar-refractivity contribution in [3.63, 3.8) is 0 Å². The van der Waals surface area contributed by atoms with Crippen molar-refractivity contribution in [1.82, 2.24) is 10.3 Å². The van der Waals surface area contributed by atoms with Gasteiger partial charge in [-0.15, -0.1) is 0 Å². The smallest absolute Gasteiger partial charge is 0.0484 e. The van der Waals surface area contributed by atoms with Gasteiger partial charge < -0.3 is 10.2 Å². The highest BCUT2D eigenvalue weighted by Gasteiger charge is 2.21. The van der Waals surface area contributed by atoms with Crippen molar-refractivity contribution in [3.8, 4) is 0 Å². The third-order valence-electron chi connectivity index (χ3n) is 4.11. The zero-order chi connectivity index (χ0) is 14.8. The second kappa shape index (κ2) is 5.86. The van der Waals surface area contributed by atoms with E-state index in [2.05, 4.69) is 60.4 Å². The topological polar surface area (TPSA) is 28.2 Å². The molecule has 3 heteroatoms. The summed E-state index contributed by atoms with van der Waals surface area (Å²) in [4.78, 5) is 6.55. The Morgan fingerprint density at radius 2 is 2.00 bits per heavy atom. The van der Waals surface area contributed by atoms with Crippen LogP contribution in [-0.4, -0.2) is 18.1 Å². The van der Waals surface area contributed by atoms with E-state index in [1.165, 1.54) is 40.9 Å². The lowest BCUT2D eigenvalue weighted by Gasteiger charge is -2.24. The van der Waals surface area contributed by atoms with E-state index in [0.717, 1.165) is 6.54 Å². The molecular weight excluding hydrogens is 258 g/mol. The lowest BCUT2D eigenvalue weighted by atomic mass is 10.1. The quantitative estimate of drug-likeness (QED) is 0.905. The highest BCUT2D eigenvalue weighted by Crippen LogP contribution is 2.30. The van der Waals surface area contributed by atoms with E-state index in [1.807, 2.05) is 12.4 Å². The van der Waals surface area contributed by atoms with Crippen LogP contribution >= 0.6 is 0 Å². The van der Waals surface area contributed by atoms with Crippen molar-refractivity contribution in [2.45, 2.75) is 39.3 Å². The standard InChI is InChI=1S/C18H23N3/c1-13-4-7-17(14(2)10-13)21(3)18-8-9-19-11-15(18)12-20-16-5-6-16/h4,7-11,16,20H,5-6,12H2,1-3H3. The van der Waals surface area contributed by atoms with Gasteiger partial charge in [-0.2, -0.15) is 0 Å². The summed E-state index contributed by atoms with van der Waals surface area (Å²) in [5.74, 6) is 0. The van der Waals surface area contributed by atoms with Crippen molar-refractivity contribution in [1.29, 1.82) is 0 Å². The third-order valence-corrected chi connectivity index (χ3v) is 4.11. The number of aryl methyl sites for hydroxylation is 2. The summed E-state index contributed by atoms with van der Waals surface area (Å²) in [6.07, 6.45) is 6.46. The molecule has 1 N–H and O–H groups in total. The molecule has 21 heavy (non-hydrogen) atoms. The van der Waals surface area contributed by atoms with Crippen molar-refractivity contribution >= 4 is 11.4 Å². The van der Waals surface area contributed by atoms with Crippen LogP contribution in [0, 0.1) is 13.8 Å². The molecular formula is C18H23N3. The van der Waals surface area contributed by atoms with E-state index in [9.17, 15) is 0 Å². The van der Waals surface area contributed by atoms with Gasteiger partial charge >= 0.3 is 0 Å². The second-order valence-corrected chi connectivity index (χ2v) is 6.01. The first kappa shape index (κ1) is 14.1. The summed E-state index contributed by atoms with van der Waals surface area (Å²) in [6.45, 7) is 5.19. The van der Waals surface area contributed by atoms with Crippen molar-refractivity contribution in [2.75, 3.05) is 11.9 Å². The van der Waals surface area contributed by atoms with E-state index in [-0.39, 0.29) is 0 Å². The van der Waals surface area contributed by atoms with Gasteiger partial charge in [-0.3, -0.25) is 4.98 Å². The maximum absolute atomic E-state index is 4.29. The van der Waals surface area contributed by atoms with Gasteiger partial charge in [0.15, 0.2) is 0 Å². The Morgan fingerprint density at radius 1 is 1.19 bits per heavy atom. The lowest BCUT2D eigenvalue weighted by molar-refractivity contribution is 0.685. The van der Waals surface area contributed by atoms with Crippen molar-refractivity contribution < 1.29 is 0 Å². The molecule has 1 saturated carbocycles. The Balaban J connectivity index is 1.87. The summed E-state index contributed by atoms with van der Waals surface area (Å²) in [5, 5.41) is 3.58. The summed E-state index contributed by atoms with van der Waals surface area (Å²) < 4.78 is 0. The molecule has 1 aromatic heterocycles. The first-order chi connectivity index (χ1) is 10.1. The largest absolute Gasteiger partial charge is 0.344 e. The molecule has 0 spiro atoms. The summed E-state index contributed by atoms with van der Waals surface area (Å²) in [7, 11) is 2.13. The molecule has 1 fully saturated rings. The zero-order valence-electron chi connectivity index (χ0n) is 13.1. The molecule has 1 aromatic carbocycles. The van der Waals surface area contributed by atoms with Gasteiger partial charge in [0.1, 0.15) is 0 Å². The Bertz CT molecular complexity index is 632. The summed E-state index contributed by atoms with van der Waals surface area (Å²) in [5.41, 5.74) is 6.34. The monoisotopic (exact) mass is 281 g/mol. The minimum absolute atomic E-state index is 0.712. The number of hydrogen-bond acceptors (Lipinski definition) is 3. The van der Waals surface area contributed by atoms with Gasteiger partial charge in [-0.05, 0) is 44.4 Å². The highest BCUT2D eigenvalue weighted by atomic mass is 15.1. The molecule has 1 aliphatic carbocycles. The predicted molar refractivity (Wildman–Crippen MR) is 88.1 cm³/mol. The molecule has 0 unspecified atom stereocenters. The van der Waals surface area contributed by atoms with E-state index in [1.54, 1.807) is 0 Å². The van der Waals surface area contributed by atoms with Crippen LogP contribution in [0.4, 0.5) is 11.4 Å². The van der Waals surface area contributed by atoms with Crippen molar-refractivity contribution in [3.05, 3.63) is 53.3 Å². The average molecular weight is 281 g/mol. The van der Waals surface area contributed by atoms with Gasteiger partial charge in [-0.1, -0.05) is 17.7 Å². The van der Waals surface area contributed by atoms with Crippen LogP contribution in [-0.2, 0) is 6.54 Å². The Hall–Kier alpha value is -1.87. The summed E-state index contributed by atoms with van der Waals surface area (Å²) >= 11 is 0. The maximum atomic E-state index is 4.29. The predicted octanol–water partition coefficient (Wildman–Crippen LogP) is 3.72.